The molecule has 0 aliphatic rings. The minimum atomic E-state index is 0.680. The van der Waals surface area contributed by atoms with Crippen molar-refractivity contribution in [2.45, 2.75) is 90.4 Å². The molecule has 0 saturated carbocycles. The fourth-order valence-electron chi connectivity index (χ4n) is 3.18. The number of halogens is 3. The second-order valence-electron chi connectivity index (χ2n) is 6.51. The summed E-state index contributed by atoms with van der Waals surface area (Å²) >= 11 is 11.1. The van der Waals surface area contributed by atoms with Crippen molar-refractivity contribution in [1.29, 1.82) is 0 Å². The average molecular weight is 511 g/mol. The summed E-state index contributed by atoms with van der Waals surface area (Å²) in [5.74, 6) is 0.680. The van der Waals surface area contributed by atoms with E-state index in [-0.39, 0.29) is 0 Å². The van der Waals surface area contributed by atoms with E-state index in [1.807, 2.05) is 0 Å². The summed E-state index contributed by atoms with van der Waals surface area (Å²) in [6.07, 6.45) is 15.0. The molecule has 3 heteroatoms. The largest absolute Gasteiger partial charge is 0.0654 e. The zero-order chi connectivity index (χ0) is 17.1. The molecule has 1 aromatic carbocycles. The molecule has 1 atom stereocenters. The van der Waals surface area contributed by atoms with Crippen LogP contribution in [0.25, 0.3) is 0 Å². The van der Waals surface area contributed by atoms with E-state index in [1.54, 1.807) is 0 Å². The lowest BCUT2D eigenvalue weighted by molar-refractivity contribution is 0.506. The van der Waals surface area contributed by atoms with Crippen LogP contribution in [0.3, 0.4) is 0 Å². The van der Waals surface area contributed by atoms with E-state index >= 15 is 0 Å². The van der Waals surface area contributed by atoms with Crippen LogP contribution in [-0.4, -0.2) is 0 Å². The summed E-state index contributed by atoms with van der Waals surface area (Å²) in [5.41, 5.74) is 1.46. The number of rotatable bonds is 12. The molecule has 0 fully saturated rings. The third-order valence-corrected chi connectivity index (χ3v) is 7.95. The second kappa shape index (κ2) is 12.9. The van der Waals surface area contributed by atoms with E-state index in [9.17, 15) is 0 Å². The maximum Gasteiger partial charge on any atom is 0.0462 e. The first-order valence-electron chi connectivity index (χ1n) is 9.25. The van der Waals surface area contributed by atoms with Gasteiger partial charge in [-0.05, 0) is 78.2 Å². The molecule has 0 aliphatic carbocycles. The summed E-state index contributed by atoms with van der Waals surface area (Å²) in [4.78, 5) is 0. The van der Waals surface area contributed by atoms with Crippen LogP contribution in [0.1, 0.15) is 96.0 Å². The third kappa shape index (κ3) is 8.05. The number of hydrogen-bond acceptors (Lipinski definition) is 0. The predicted molar refractivity (Wildman–Crippen MR) is 114 cm³/mol. The molecule has 0 amide bonds. The summed E-state index contributed by atoms with van der Waals surface area (Å²) in [5, 5.41) is 0. The fourth-order valence-corrected chi connectivity index (χ4v) is 4.81. The zero-order valence-corrected chi connectivity index (χ0v) is 19.4. The molecule has 23 heavy (non-hydrogen) atoms. The standard InChI is InChI=1S/C20H31Br3/c1-3-5-6-7-8-9-10-11-13-16(12-4-2)17-14-15-18(21)20(23)19(17)22/h14-16H,3-13H2,1-2H3. The Morgan fingerprint density at radius 1 is 0.696 bits per heavy atom. The predicted octanol–water partition coefficient (Wildman–Crippen LogP) is 9.39. The summed E-state index contributed by atoms with van der Waals surface area (Å²) in [6, 6.07) is 4.45. The quantitative estimate of drug-likeness (QED) is 0.194. The van der Waals surface area contributed by atoms with Crippen molar-refractivity contribution in [2.24, 2.45) is 0 Å². The monoisotopic (exact) mass is 508 g/mol. The highest BCUT2D eigenvalue weighted by Gasteiger charge is 2.16. The van der Waals surface area contributed by atoms with Crippen LogP contribution < -0.4 is 0 Å². The topological polar surface area (TPSA) is 0 Å². The van der Waals surface area contributed by atoms with Crippen molar-refractivity contribution in [3.05, 3.63) is 31.1 Å². The highest BCUT2D eigenvalue weighted by atomic mass is 79.9. The van der Waals surface area contributed by atoms with Crippen molar-refractivity contribution >= 4 is 47.8 Å². The smallest absolute Gasteiger partial charge is 0.0462 e. The normalized spacial score (nSPS) is 12.6. The fraction of sp³-hybridized carbons (Fsp3) is 0.700. The number of unbranched alkanes of at least 4 members (excludes halogenated alkanes) is 7. The van der Waals surface area contributed by atoms with Gasteiger partial charge in [-0.1, -0.05) is 77.7 Å². The third-order valence-electron chi connectivity index (χ3n) is 4.55. The molecule has 0 radical (unpaired) electrons. The summed E-state index contributed by atoms with van der Waals surface area (Å²) in [6.45, 7) is 4.58. The molecule has 0 aromatic heterocycles. The molecule has 0 N–H and O–H groups in total. The van der Waals surface area contributed by atoms with Gasteiger partial charge in [-0.25, -0.2) is 0 Å². The van der Waals surface area contributed by atoms with Gasteiger partial charge in [0.1, 0.15) is 0 Å². The van der Waals surface area contributed by atoms with Gasteiger partial charge in [0.05, 0.1) is 0 Å². The molecule has 0 heterocycles. The van der Waals surface area contributed by atoms with Crippen LogP contribution in [0.4, 0.5) is 0 Å². The molecule has 1 unspecified atom stereocenters. The molecular weight excluding hydrogens is 480 g/mol. The lowest BCUT2D eigenvalue weighted by atomic mass is 9.89. The summed E-state index contributed by atoms with van der Waals surface area (Å²) in [7, 11) is 0. The van der Waals surface area contributed by atoms with Crippen molar-refractivity contribution in [3.8, 4) is 0 Å². The Morgan fingerprint density at radius 2 is 1.30 bits per heavy atom. The van der Waals surface area contributed by atoms with E-state index in [1.165, 1.54) is 80.7 Å². The first-order chi connectivity index (χ1) is 11.1. The molecule has 0 spiro atoms. The Morgan fingerprint density at radius 3 is 1.91 bits per heavy atom. The Bertz CT molecular complexity index is 443. The molecule has 0 nitrogen and oxygen atoms in total. The Kier molecular flexibility index (Phi) is 12.2. The molecule has 1 rings (SSSR count). The minimum absolute atomic E-state index is 0.680. The number of benzene rings is 1. The Hall–Kier alpha value is 0.660. The Labute approximate surface area is 168 Å². The van der Waals surface area contributed by atoms with Crippen LogP contribution in [-0.2, 0) is 0 Å². The molecular formula is C20H31Br3. The van der Waals surface area contributed by atoms with Crippen LogP contribution in [0.5, 0.6) is 0 Å². The van der Waals surface area contributed by atoms with Gasteiger partial charge < -0.3 is 0 Å². The van der Waals surface area contributed by atoms with E-state index in [0.29, 0.717) is 5.92 Å². The lowest BCUT2D eigenvalue weighted by Gasteiger charge is -2.19. The van der Waals surface area contributed by atoms with Crippen molar-refractivity contribution in [1.82, 2.24) is 0 Å². The van der Waals surface area contributed by atoms with Crippen molar-refractivity contribution in [2.75, 3.05) is 0 Å². The van der Waals surface area contributed by atoms with Gasteiger partial charge in [0.2, 0.25) is 0 Å². The van der Waals surface area contributed by atoms with Crippen LogP contribution in [0.15, 0.2) is 25.6 Å². The van der Waals surface area contributed by atoms with E-state index < -0.39 is 0 Å². The van der Waals surface area contributed by atoms with Gasteiger partial charge in [0.25, 0.3) is 0 Å². The average Bonchev–Trinajstić information content (AvgIpc) is 2.54. The van der Waals surface area contributed by atoms with Crippen LogP contribution >= 0.6 is 47.8 Å². The maximum atomic E-state index is 3.78. The highest BCUT2D eigenvalue weighted by Crippen LogP contribution is 2.39. The molecule has 1 aromatic rings. The lowest BCUT2D eigenvalue weighted by Crippen LogP contribution is -2.01. The SMILES string of the molecule is CCCCCCCCCCC(CCC)c1ccc(Br)c(Br)c1Br. The highest BCUT2D eigenvalue weighted by molar-refractivity contribution is 9.14. The van der Waals surface area contributed by atoms with E-state index in [4.69, 9.17) is 0 Å². The molecule has 0 saturated heterocycles. The van der Waals surface area contributed by atoms with E-state index in [2.05, 4.69) is 73.8 Å². The van der Waals surface area contributed by atoms with E-state index in [0.717, 1.165) is 8.95 Å². The van der Waals surface area contributed by atoms with Gasteiger partial charge in [0, 0.05) is 13.4 Å². The zero-order valence-electron chi connectivity index (χ0n) is 14.6. The second-order valence-corrected chi connectivity index (χ2v) is 8.95. The Balaban J connectivity index is 2.42. The molecule has 0 aliphatic heterocycles. The maximum absolute atomic E-state index is 3.78. The van der Waals surface area contributed by atoms with Gasteiger partial charge in [0.15, 0.2) is 0 Å². The van der Waals surface area contributed by atoms with Gasteiger partial charge in [-0.15, -0.1) is 0 Å². The van der Waals surface area contributed by atoms with Gasteiger partial charge >= 0.3 is 0 Å². The summed E-state index contributed by atoms with van der Waals surface area (Å²) < 4.78 is 3.49. The molecule has 132 valence electrons. The first kappa shape index (κ1) is 21.7. The molecule has 0 bridgehead atoms. The first-order valence-corrected chi connectivity index (χ1v) is 11.6. The van der Waals surface area contributed by atoms with Crippen molar-refractivity contribution in [3.63, 3.8) is 0 Å². The van der Waals surface area contributed by atoms with Gasteiger partial charge in [-0.2, -0.15) is 0 Å². The minimum Gasteiger partial charge on any atom is -0.0654 e. The van der Waals surface area contributed by atoms with Gasteiger partial charge in [-0.3, -0.25) is 0 Å². The van der Waals surface area contributed by atoms with Crippen LogP contribution in [0, 0.1) is 0 Å². The number of hydrogen-bond donors (Lipinski definition) is 0. The van der Waals surface area contributed by atoms with Crippen LogP contribution in [0.2, 0.25) is 0 Å². The van der Waals surface area contributed by atoms with Crippen molar-refractivity contribution < 1.29 is 0 Å².